The third-order valence-electron chi connectivity index (χ3n) is 5.04. The van der Waals surface area contributed by atoms with Crippen molar-refractivity contribution >= 4 is 5.82 Å². The van der Waals surface area contributed by atoms with Crippen molar-refractivity contribution < 1.29 is 4.39 Å². The Labute approximate surface area is 173 Å². The second kappa shape index (κ2) is 8.29. The summed E-state index contributed by atoms with van der Waals surface area (Å²) >= 11 is 0. The monoisotopic (exact) mass is 400 g/mol. The molecule has 0 saturated carbocycles. The van der Waals surface area contributed by atoms with E-state index in [1.54, 1.807) is 26.1 Å². The van der Waals surface area contributed by atoms with E-state index in [0.717, 1.165) is 11.1 Å². The second-order valence-corrected chi connectivity index (χ2v) is 7.10. The maximum atomic E-state index is 13.8. The number of aryl methyl sites for hydroxylation is 1. The Morgan fingerprint density at radius 1 is 0.967 bits per heavy atom. The Morgan fingerprint density at radius 3 is 2.40 bits per heavy atom. The number of aromatic amines is 1. The lowest BCUT2D eigenvalue weighted by molar-refractivity contribution is 0.624. The van der Waals surface area contributed by atoms with Crippen molar-refractivity contribution in [3.05, 3.63) is 111 Å². The van der Waals surface area contributed by atoms with Crippen LogP contribution in [0.15, 0.2) is 77.7 Å². The molecule has 30 heavy (non-hydrogen) atoms. The predicted molar refractivity (Wildman–Crippen MR) is 116 cm³/mol. The van der Waals surface area contributed by atoms with Crippen LogP contribution in [0.4, 0.5) is 10.2 Å². The summed E-state index contributed by atoms with van der Waals surface area (Å²) in [6.07, 6.45) is 1.66. The van der Waals surface area contributed by atoms with Gasteiger partial charge in [-0.15, -0.1) is 0 Å². The molecule has 150 valence electrons. The minimum absolute atomic E-state index is 0.157. The maximum absolute atomic E-state index is 13.8. The number of hydrogen-bond donors (Lipinski definition) is 2. The zero-order chi connectivity index (χ0) is 21.1. The summed E-state index contributed by atoms with van der Waals surface area (Å²) in [5.74, 6) is 0.818. The van der Waals surface area contributed by atoms with E-state index in [0.29, 0.717) is 28.5 Å². The summed E-state index contributed by atoms with van der Waals surface area (Å²) in [7, 11) is 0. The van der Waals surface area contributed by atoms with Crippen LogP contribution in [0, 0.1) is 19.7 Å². The van der Waals surface area contributed by atoms with Crippen LogP contribution in [-0.2, 0) is 0 Å². The van der Waals surface area contributed by atoms with Gasteiger partial charge in [-0.25, -0.2) is 14.4 Å². The van der Waals surface area contributed by atoms with Crippen molar-refractivity contribution in [1.82, 2.24) is 15.0 Å². The van der Waals surface area contributed by atoms with Crippen molar-refractivity contribution in [3.63, 3.8) is 0 Å². The van der Waals surface area contributed by atoms with Gasteiger partial charge < -0.3 is 10.3 Å². The molecule has 0 fully saturated rings. The average Bonchev–Trinajstić information content (AvgIpc) is 2.76. The fourth-order valence-corrected chi connectivity index (χ4v) is 3.24. The van der Waals surface area contributed by atoms with Gasteiger partial charge in [0.25, 0.3) is 5.56 Å². The van der Waals surface area contributed by atoms with E-state index in [9.17, 15) is 9.18 Å². The van der Waals surface area contributed by atoms with Crippen LogP contribution in [0.25, 0.3) is 11.4 Å². The smallest absolute Gasteiger partial charge is 0.254 e. The topological polar surface area (TPSA) is 70.7 Å². The Bertz CT molecular complexity index is 1220. The second-order valence-electron chi connectivity index (χ2n) is 7.10. The number of hydrogen-bond acceptors (Lipinski definition) is 4. The van der Waals surface area contributed by atoms with Crippen LogP contribution in [0.5, 0.6) is 0 Å². The molecule has 0 aliphatic rings. The molecule has 2 aromatic heterocycles. The lowest BCUT2D eigenvalue weighted by atomic mass is 9.98. The molecule has 0 saturated heterocycles. The number of nitrogens with zero attached hydrogens (tertiary/aromatic N) is 2. The molecule has 6 heteroatoms. The number of rotatable bonds is 5. The van der Waals surface area contributed by atoms with Crippen LogP contribution in [0.3, 0.4) is 0 Å². The number of anilines is 1. The van der Waals surface area contributed by atoms with Crippen molar-refractivity contribution in [2.45, 2.75) is 19.9 Å². The summed E-state index contributed by atoms with van der Waals surface area (Å²) < 4.78 is 13.8. The molecule has 0 spiro atoms. The number of halogens is 1. The van der Waals surface area contributed by atoms with E-state index in [-0.39, 0.29) is 17.4 Å². The van der Waals surface area contributed by atoms with E-state index < -0.39 is 0 Å². The molecule has 0 aliphatic carbocycles. The fraction of sp³-hybridized carbons (Fsp3) is 0.125. The van der Waals surface area contributed by atoms with Crippen LogP contribution in [0.2, 0.25) is 0 Å². The van der Waals surface area contributed by atoms with Gasteiger partial charge in [0.05, 0.1) is 6.04 Å². The van der Waals surface area contributed by atoms with Crippen molar-refractivity contribution in [1.29, 1.82) is 0 Å². The molecule has 2 aromatic carbocycles. The van der Waals surface area contributed by atoms with Crippen molar-refractivity contribution in [3.8, 4) is 11.4 Å². The first kappa shape index (κ1) is 19.5. The van der Waals surface area contributed by atoms with Gasteiger partial charge in [0.2, 0.25) is 0 Å². The van der Waals surface area contributed by atoms with Gasteiger partial charge in [0, 0.05) is 23.0 Å². The molecule has 1 atom stereocenters. The molecule has 0 amide bonds. The number of pyridine rings is 1. The Balaban J connectivity index is 1.65. The van der Waals surface area contributed by atoms with Crippen LogP contribution < -0.4 is 10.9 Å². The van der Waals surface area contributed by atoms with Crippen molar-refractivity contribution in [2.75, 3.05) is 5.32 Å². The van der Waals surface area contributed by atoms with E-state index in [4.69, 9.17) is 0 Å². The van der Waals surface area contributed by atoms with Gasteiger partial charge in [0.1, 0.15) is 17.5 Å². The van der Waals surface area contributed by atoms with Gasteiger partial charge in [-0.05, 0) is 49.2 Å². The van der Waals surface area contributed by atoms with Crippen molar-refractivity contribution in [2.24, 2.45) is 0 Å². The minimum atomic E-state index is -0.289. The van der Waals surface area contributed by atoms with Gasteiger partial charge in [0.15, 0.2) is 0 Å². The van der Waals surface area contributed by atoms with E-state index in [1.165, 1.54) is 12.1 Å². The predicted octanol–water partition coefficient (Wildman–Crippen LogP) is 4.79. The molecule has 0 bridgehead atoms. The first-order valence-corrected chi connectivity index (χ1v) is 9.62. The third kappa shape index (κ3) is 4.12. The summed E-state index contributed by atoms with van der Waals surface area (Å²) in [6.45, 7) is 3.55. The SMILES string of the molecule is Cc1nc(-c2ccc(NC(c3ccccc3)c3cccc(F)c3)nc2)[nH]c(=O)c1C. The summed E-state index contributed by atoms with van der Waals surface area (Å²) in [6, 6.07) is 19.7. The van der Waals surface area contributed by atoms with Gasteiger partial charge in [-0.1, -0.05) is 42.5 Å². The van der Waals surface area contributed by atoms with E-state index in [2.05, 4.69) is 20.3 Å². The highest BCUT2D eigenvalue weighted by molar-refractivity contribution is 5.57. The first-order chi connectivity index (χ1) is 14.5. The minimum Gasteiger partial charge on any atom is -0.359 e. The molecule has 1 unspecified atom stereocenters. The lowest BCUT2D eigenvalue weighted by Crippen LogP contribution is -2.15. The summed E-state index contributed by atoms with van der Waals surface area (Å²) in [5, 5.41) is 3.38. The van der Waals surface area contributed by atoms with Gasteiger partial charge in [-0.3, -0.25) is 4.79 Å². The third-order valence-corrected chi connectivity index (χ3v) is 5.04. The quantitative estimate of drug-likeness (QED) is 0.505. The standard InChI is InChI=1S/C24H21FN4O/c1-15-16(2)27-23(29-24(15)30)19-11-12-21(26-14-19)28-22(17-7-4-3-5-8-17)18-9-6-10-20(25)13-18/h3-14,22H,1-2H3,(H,26,28)(H,27,29,30). The van der Waals surface area contributed by atoms with Crippen LogP contribution in [-0.4, -0.2) is 15.0 Å². The number of benzene rings is 2. The zero-order valence-corrected chi connectivity index (χ0v) is 16.7. The number of nitrogens with one attached hydrogen (secondary N) is 2. The van der Waals surface area contributed by atoms with Crippen LogP contribution >= 0.6 is 0 Å². The molecule has 0 aliphatic heterocycles. The van der Waals surface area contributed by atoms with Gasteiger partial charge in [-0.2, -0.15) is 0 Å². The molecule has 4 rings (SSSR count). The largest absolute Gasteiger partial charge is 0.359 e. The normalized spacial score (nSPS) is 11.8. The van der Waals surface area contributed by atoms with E-state index in [1.807, 2.05) is 48.5 Å². The zero-order valence-electron chi connectivity index (χ0n) is 16.7. The van der Waals surface area contributed by atoms with Gasteiger partial charge >= 0.3 is 0 Å². The molecular formula is C24H21FN4O. The highest BCUT2D eigenvalue weighted by Gasteiger charge is 2.15. The Hall–Kier alpha value is -3.80. The average molecular weight is 400 g/mol. The summed E-state index contributed by atoms with van der Waals surface area (Å²) in [5.41, 5.74) is 3.64. The highest BCUT2D eigenvalue weighted by atomic mass is 19.1. The Morgan fingerprint density at radius 2 is 1.73 bits per heavy atom. The first-order valence-electron chi connectivity index (χ1n) is 9.62. The molecular weight excluding hydrogens is 379 g/mol. The summed E-state index contributed by atoms with van der Waals surface area (Å²) in [4.78, 5) is 23.7. The fourth-order valence-electron chi connectivity index (χ4n) is 3.24. The van der Waals surface area contributed by atoms with Crippen LogP contribution in [0.1, 0.15) is 28.4 Å². The molecule has 5 nitrogen and oxygen atoms in total. The lowest BCUT2D eigenvalue weighted by Gasteiger charge is -2.20. The molecule has 2 heterocycles. The number of aromatic nitrogens is 3. The Kier molecular flexibility index (Phi) is 5.39. The molecule has 0 radical (unpaired) electrons. The number of H-pyrrole nitrogens is 1. The van der Waals surface area contributed by atoms with E-state index >= 15 is 0 Å². The molecule has 4 aromatic rings. The maximum Gasteiger partial charge on any atom is 0.254 e. The highest BCUT2D eigenvalue weighted by Crippen LogP contribution is 2.27. The molecule has 2 N–H and O–H groups in total.